The Morgan fingerprint density at radius 2 is 0.806 bits per heavy atom. The highest BCUT2D eigenvalue weighted by Gasteiger charge is 2.41. The Bertz CT molecular complexity index is 468. The fourth-order valence-electron chi connectivity index (χ4n) is 2.53. The molecule has 15 heteroatoms. The van der Waals surface area contributed by atoms with Crippen LogP contribution in [0.25, 0.3) is 0 Å². The molecule has 188 valence electrons. The van der Waals surface area contributed by atoms with E-state index in [2.05, 4.69) is 0 Å². The SMILES string of the molecule is CCO[Si](CCSOS(=O)(=O)OSCC[Si](OCC)(OCC)OCC)(OCC)OCC. The van der Waals surface area contributed by atoms with E-state index >= 15 is 0 Å². The summed E-state index contributed by atoms with van der Waals surface area (Å²) in [6, 6.07) is 0.835. The van der Waals surface area contributed by atoms with Gasteiger partial charge in [-0.3, -0.25) is 0 Å². The molecule has 31 heavy (non-hydrogen) atoms. The molecule has 0 aliphatic carbocycles. The average Bonchev–Trinajstić information content (AvgIpc) is 2.70. The van der Waals surface area contributed by atoms with Crippen LogP contribution in [0.1, 0.15) is 41.5 Å². The molecule has 0 aromatic carbocycles. The molecule has 0 aromatic rings. The lowest BCUT2D eigenvalue weighted by Gasteiger charge is -2.28. The number of rotatable bonds is 22. The summed E-state index contributed by atoms with van der Waals surface area (Å²) in [5.74, 6) is 0.628. The largest absolute Gasteiger partial charge is 0.501 e. The van der Waals surface area contributed by atoms with Crippen LogP contribution in [0.2, 0.25) is 12.1 Å². The van der Waals surface area contributed by atoms with Gasteiger partial charge in [-0.15, -0.1) is 0 Å². The highest BCUT2D eigenvalue weighted by molar-refractivity contribution is 8.08. The van der Waals surface area contributed by atoms with E-state index in [1.807, 2.05) is 41.5 Å². The summed E-state index contributed by atoms with van der Waals surface area (Å²) in [6.45, 7) is 13.9. The highest BCUT2D eigenvalue weighted by atomic mass is 32.3. The molecule has 0 atom stereocenters. The predicted molar refractivity (Wildman–Crippen MR) is 127 cm³/mol. The van der Waals surface area contributed by atoms with E-state index in [-0.39, 0.29) is 0 Å². The summed E-state index contributed by atoms with van der Waals surface area (Å²) in [5.41, 5.74) is 0. The molecular weight excluding hydrogens is 505 g/mol. The lowest BCUT2D eigenvalue weighted by atomic mass is 10.9. The second kappa shape index (κ2) is 18.1. The zero-order chi connectivity index (χ0) is 23.6. The van der Waals surface area contributed by atoms with Crippen LogP contribution >= 0.6 is 24.1 Å². The zero-order valence-electron chi connectivity index (χ0n) is 19.4. The number of hydrogen-bond acceptors (Lipinski definition) is 12. The molecule has 0 fully saturated rings. The molecule has 0 aliphatic heterocycles. The molecule has 0 N–H and O–H groups in total. The first-order valence-electron chi connectivity index (χ1n) is 10.5. The molecule has 0 rings (SSSR count). The van der Waals surface area contributed by atoms with Crippen molar-refractivity contribution in [2.45, 2.75) is 53.6 Å². The van der Waals surface area contributed by atoms with Crippen molar-refractivity contribution < 1.29 is 42.2 Å². The van der Waals surface area contributed by atoms with E-state index in [0.717, 1.165) is 24.1 Å². The standard InChI is InChI=1S/C16H38O10S3Si2/c1-7-19-30(20-8-2,21-9-3)15-13-27-25-29(17,18)26-28-14-16-31(22-10-4,23-11-5)24-12-6/h7-16H2,1-6H3. The first-order valence-corrected chi connectivity index (χ1v) is 17.5. The Morgan fingerprint density at radius 3 is 1.03 bits per heavy atom. The molecule has 0 bridgehead atoms. The fraction of sp³-hybridized carbons (Fsp3) is 1.00. The molecule has 0 heterocycles. The molecule has 0 radical (unpaired) electrons. The lowest BCUT2D eigenvalue weighted by Crippen LogP contribution is -2.46. The Kier molecular flexibility index (Phi) is 18.6. The van der Waals surface area contributed by atoms with Crippen molar-refractivity contribution >= 4 is 52.1 Å². The maximum absolute atomic E-state index is 12.0. The molecule has 0 saturated heterocycles. The lowest BCUT2D eigenvalue weighted by molar-refractivity contribution is 0.0720. The molecule has 0 unspecified atom stereocenters. The van der Waals surface area contributed by atoms with Gasteiger partial charge in [0.15, 0.2) is 0 Å². The van der Waals surface area contributed by atoms with Crippen LogP contribution in [0.5, 0.6) is 0 Å². The van der Waals surface area contributed by atoms with Crippen molar-refractivity contribution in [2.24, 2.45) is 0 Å². The molecule has 0 saturated carbocycles. The maximum Gasteiger partial charge on any atom is 0.501 e. The number of hydrogen-bond donors (Lipinski definition) is 0. The summed E-state index contributed by atoms with van der Waals surface area (Å²) in [6.07, 6.45) is 0. The van der Waals surface area contributed by atoms with Gasteiger partial charge in [0.05, 0.1) is 0 Å². The van der Waals surface area contributed by atoms with Gasteiger partial charge in [-0.1, -0.05) is 0 Å². The normalized spacial score (nSPS) is 13.1. The topological polar surface area (TPSA) is 108 Å². The second-order valence-corrected chi connectivity index (χ2v) is 14.3. The van der Waals surface area contributed by atoms with Crippen molar-refractivity contribution in [3.63, 3.8) is 0 Å². The van der Waals surface area contributed by atoms with Crippen molar-refractivity contribution in [3.8, 4) is 0 Å². The van der Waals surface area contributed by atoms with E-state index in [1.165, 1.54) is 0 Å². The van der Waals surface area contributed by atoms with E-state index < -0.39 is 28.0 Å². The minimum Gasteiger partial charge on any atom is -0.374 e. The third-order valence-corrected chi connectivity index (χ3v) is 13.1. The molecule has 0 spiro atoms. The van der Waals surface area contributed by atoms with Crippen LogP contribution in [0.15, 0.2) is 0 Å². The molecule has 10 nitrogen and oxygen atoms in total. The third kappa shape index (κ3) is 13.9. The Hall–Kier alpha value is 0.764. The summed E-state index contributed by atoms with van der Waals surface area (Å²) < 4.78 is 68.0. The molecule has 0 amide bonds. The summed E-state index contributed by atoms with van der Waals surface area (Å²) >= 11 is 1.51. The quantitative estimate of drug-likeness (QED) is 0.113. The first-order chi connectivity index (χ1) is 14.8. The van der Waals surface area contributed by atoms with E-state index in [4.69, 9.17) is 33.8 Å². The van der Waals surface area contributed by atoms with Crippen LogP contribution in [0, 0.1) is 0 Å². The van der Waals surface area contributed by atoms with Gasteiger partial charge in [-0.05, 0) is 41.5 Å². The summed E-state index contributed by atoms with van der Waals surface area (Å²) in [4.78, 5) is 0. The first kappa shape index (κ1) is 31.8. The minimum absolute atomic E-state index is 0.314. The predicted octanol–water partition coefficient (Wildman–Crippen LogP) is 3.66. The van der Waals surface area contributed by atoms with Gasteiger partial charge in [0, 0.05) is 87.3 Å². The second-order valence-electron chi connectivity index (χ2n) is 5.65. The Morgan fingerprint density at radius 1 is 0.548 bits per heavy atom. The summed E-state index contributed by atoms with van der Waals surface area (Å²) in [7, 11) is -9.87. The van der Waals surface area contributed by atoms with Crippen molar-refractivity contribution in [3.05, 3.63) is 0 Å². The summed E-state index contributed by atoms with van der Waals surface area (Å²) in [5, 5.41) is 0. The Balaban J connectivity index is 4.49. The maximum atomic E-state index is 12.0. The van der Waals surface area contributed by atoms with Gasteiger partial charge in [0.25, 0.3) is 0 Å². The highest BCUT2D eigenvalue weighted by Crippen LogP contribution is 2.24. The van der Waals surface area contributed by atoms with Crippen molar-refractivity contribution in [1.29, 1.82) is 0 Å². The van der Waals surface area contributed by atoms with Crippen LogP contribution in [-0.4, -0.2) is 77.2 Å². The van der Waals surface area contributed by atoms with E-state index in [9.17, 15) is 8.42 Å². The van der Waals surface area contributed by atoms with Gasteiger partial charge in [0.2, 0.25) is 0 Å². The van der Waals surface area contributed by atoms with E-state index in [1.54, 1.807) is 0 Å². The Labute approximate surface area is 198 Å². The molecule has 0 aliphatic rings. The smallest absolute Gasteiger partial charge is 0.374 e. The van der Waals surface area contributed by atoms with Crippen molar-refractivity contribution in [2.75, 3.05) is 51.1 Å². The van der Waals surface area contributed by atoms with Crippen LogP contribution in [-0.2, 0) is 44.2 Å². The van der Waals surface area contributed by atoms with Crippen LogP contribution in [0.4, 0.5) is 0 Å². The molecular formula is C16H38O10S3Si2. The molecule has 0 aromatic heterocycles. The zero-order valence-corrected chi connectivity index (χ0v) is 23.8. The van der Waals surface area contributed by atoms with Crippen LogP contribution in [0.3, 0.4) is 0 Å². The fourth-order valence-corrected chi connectivity index (χ4v) is 11.0. The van der Waals surface area contributed by atoms with Gasteiger partial charge in [-0.25, -0.2) is 0 Å². The third-order valence-electron chi connectivity index (χ3n) is 3.43. The van der Waals surface area contributed by atoms with Crippen LogP contribution < -0.4 is 0 Å². The van der Waals surface area contributed by atoms with Crippen molar-refractivity contribution in [1.82, 2.24) is 0 Å². The van der Waals surface area contributed by atoms with Gasteiger partial charge >= 0.3 is 28.0 Å². The monoisotopic (exact) mass is 542 g/mol. The van der Waals surface area contributed by atoms with Gasteiger partial charge in [0.1, 0.15) is 0 Å². The average molecular weight is 543 g/mol. The van der Waals surface area contributed by atoms with E-state index in [0.29, 0.717) is 63.2 Å². The van der Waals surface area contributed by atoms with Gasteiger partial charge in [-0.2, -0.15) is 15.7 Å². The van der Waals surface area contributed by atoms with Gasteiger partial charge < -0.3 is 26.6 Å². The minimum atomic E-state index is -4.18.